The molecule has 0 amide bonds. The van der Waals surface area contributed by atoms with E-state index in [2.05, 4.69) is 5.16 Å². The van der Waals surface area contributed by atoms with Crippen LogP contribution in [-0.2, 0) is 20.9 Å². The lowest BCUT2D eigenvalue weighted by atomic mass is 10.0. The molecule has 0 radical (unpaired) electrons. The molecule has 0 aliphatic carbocycles. The van der Waals surface area contributed by atoms with Crippen molar-refractivity contribution < 1.29 is 19.5 Å². The normalized spacial score (nSPS) is 16.4. The van der Waals surface area contributed by atoms with E-state index in [0.29, 0.717) is 54.0 Å². The average Bonchev–Trinajstić information content (AvgIpc) is 3.23. The van der Waals surface area contributed by atoms with E-state index in [9.17, 15) is 9.90 Å². The summed E-state index contributed by atoms with van der Waals surface area (Å²) in [4.78, 5) is 19.4. The summed E-state index contributed by atoms with van der Waals surface area (Å²) in [5.41, 5.74) is 2.65. The molecule has 33 heavy (non-hydrogen) atoms. The second-order valence-electron chi connectivity index (χ2n) is 8.01. The Bertz CT molecular complexity index is 986. The summed E-state index contributed by atoms with van der Waals surface area (Å²) in [6.07, 6.45) is 0.594. The van der Waals surface area contributed by atoms with Crippen molar-refractivity contribution in [3.05, 3.63) is 68.7 Å². The molecule has 0 saturated carbocycles. The summed E-state index contributed by atoms with van der Waals surface area (Å²) in [7, 11) is 0. The fourth-order valence-corrected chi connectivity index (χ4v) is 4.08. The molecule has 0 saturated heterocycles. The zero-order valence-electron chi connectivity index (χ0n) is 18.3. The minimum absolute atomic E-state index is 0.0541. The third-order valence-corrected chi connectivity index (χ3v) is 6.08. The number of esters is 1. The lowest BCUT2D eigenvalue weighted by Gasteiger charge is -2.27. The number of aliphatic hydroxyl groups excluding tert-OH is 1. The molecule has 1 aliphatic heterocycles. The zero-order chi connectivity index (χ0) is 23.8. The first kappa shape index (κ1) is 25.8. The van der Waals surface area contributed by atoms with Gasteiger partial charge in [0.1, 0.15) is 18.8 Å². The van der Waals surface area contributed by atoms with E-state index in [0.717, 1.165) is 16.8 Å². The lowest BCUT2D eigenvalue weighted by molar-refractivity contribution is -0.147. The Hall–Kier alpha value is -1.83. The first-order chi connectivity index (χ1) is 15.8. The van der Waals surface area contributed by atoms with Gasteiger partial charge in [-0.15, -0.1) is 0 Å². The molecule has 1 aliphatic rings. The van der Waals surface area contributed by atoms with Gasteiger partial charge in [0.15, 0.2) is 0 Å². The van der Waals surface area contributed by atoms with E-state index in [4.69, 9.17) is 44.4 Å². The van der Waals surface area contributed by atoms with E-state index < -0.39 is 6.10 Å². The number of hydrogen-bond acceptors (Lipinski definition) is 6. The average molecular weight is 514 g/mol. The van der Waals surface area contributed by atoms with Crippen LogP contribution in [0.1, 0.15) is 37.3 Å². The fourth-order valence-electron chi connectivity index (χ4n) is 3.57. The number of benzene rings is 2. The Morgan fingerprint density at radius 1 is 1.24 bits per heavy atom. The summed E-state index contributed by atoms with van der Waals surface area (Å²) in [5.74, 6) is -0.309. The predicted molar refractivity (Wildman–Crippen MR) is 131 cm³/mol. The maximum Gasteiger partial charge on any atom is 0.305 e. The molecule has 9 heteroatoms. The Morgan fingerprint density at radius 2 is 2.06 bits per heavy atom. The van der Waals surface area contributed by atoms with Gasteiger partial charge in [-0.25, -0.2) is 0 Å². The standard InChI is InChI=1S/C24H27Cl3N2O4/c1-2-4-24(31)32-15-19(30)13-29(12-16-5-3-6-18(25)9-16)14-20-11-23(28-33-20)17-7-8-21(26)22(27)10-17/h3,5-10,19-20,30H,2,4,11-15H2,1H3. The van der Waals surface area contributed by atoms with Crippen molar-refractivity contribution in [2.24, 2.45) is 5.16 Å². The first-order valence-electron chi connectivity index (χ1n) is 10.8. The van der Waals surface area contributed by atoms with Crippen molar-refractivity contribution in [2.75, 3.05) is 19.7 Å². The summed E-state index contributed by atoms with van der Waals surface area (Å²) in [6.45, 7) is 3.21. The van der Waals surface area contributed by atoms with Crippen LogP contribution in [0.3, 0.4) is 0 Å². The van der Waals surface area contributed by atoms with Gasteiger partial charge in [-0.1, -0.05) is 65.1 Å². The molecular weight excluding hydrogens is 487 g/mol. The molecule has 1 heterocycles. The van der Waals surface area contributed by atoms with Crippen molar-refractivity contribution in [2.45, 2.75) is 44.9 Å². The van der Waals surface area contributed by atoms with Crippen LogP contribution in [0, 0.1) is 0 Å². The third-order valence-electron chi connectivity index (χ3n) is 5.10. The van der Waals surface area contributed by atoms with Crippen molar-refractivity contribution in [1.82, 2.24) is 4.90 Å². The summed E-state index contributed by atoms with van der Waals surface area (Å²) < 4.78 is 5.17. The Kier molecular flexibility index (Phi) is 9.83. The summed E-state index contributed by atoms with van der Waals surface area (Å²) in [6, 6.07) is 12.9. The van der Waals surface area contributed by atoms with E-state index in [1.165, 1.54) is 0 Å². The topological polar surface area (TPSA) is 71.4 Å². The second-order valence-corrected chi connectivity index (χ2v) is 9.26. The van der Waals surface area contributed by atoms with Crippen molar-refractivity contribution >= 4 is 46.5 Å². The van der Waals surface area contributed by atoms with Crippen molar-refractivity contribution in [3.63, 3.8) is 0 Å². The molecule has 0 bridgehead atoms. The van der Waals surface area contributed by atoms with Crippen LogP contribution in [0.4, 0.5) is 0 Å². The minimum atomic E-state index is -0.832. The fraction of sp³-hybridized carbons (Fsp3) is 0.417. The van der Waals surface area contributed by atoms with E-state index in [1.807, 2.05) is 42.2 Å². The first-order valence-corrected chi connectivity index (χ1v) is 12.0. The molecule has 2 aromatic carbocycles. The van der Waals surface area contributed by atoms with Crippen LogP contribution in [0.2, 0.25) is 15.1 Å². The van der Waals surface area contributed by atoms with Gasteiger partial charge < -0.3 is 14.7 Å². The number of aliphatic hydroxyl groups is 1. The zero-order valence-corrected chi connectivity index (χ0v) is 20.6. The van der Waals surface area contributed by atoms with Crippen LogP contribution in [0.25, 0.3) is 0 Å². The minimum Gasteiger partial charge on any atom is -0.463 e. The quantitative estimate of drug-likeness (QED) is 0.410. The maximum absolute atomic E-state index is 11.6. The van der Waals surface area contributed by atoms with Gasteiger partial charge in [0.25, 0.3) is 0 Å². The molecule has 2 aromatic rings. The van der Waals surface area contributed by atoms with Crippen LogP contribution >= 0.6 is 34.8 Å². The lowest BCUT2D eigenvalue weighted by Crippen LogP contribution is -2.39. The van der Waals surface area contributed by atoms with Crippen LogP contribution in [0.15, 0.2) is 47.6 Å². The number of nitrogens with zero attached hydrogens (tertiary/aromatic N) is 2. The maximum atomic E-state index is 11.6. The monoisotopic (exact) mass is 512 g/mol. The molecule has 0 spiro atoms. The third kappa shape index (κ3) is 8.16. The molecule has 0 fully saturated rings. The number of halogens is 3. The number of hydrogen-bond donors (Lipinski definition) is 1. The van der Waals surface area contributed by atoms with Crippen LogP contribution in [-0.4, -0.2) is 53.6 Å². The molecular formula is C24H27Cl3N2O4. The van der Waals surface area contributed by atoms with Gasteiger partial charge in [-0.3, -0.25) is 9.69 Å². The number of rotatable bonds is 11. The van der Waals surface area contributed by atoms with Crippen molar-refractivity contribution in [1.29, 1.82) is 0 Å². The number of oxime groups is 1. The van der Waals surface area contributed by atoms with Gasteiger partial charge in [0.05, 0.1) is 15.8 Å². The van der Waals surface area contributed by atoms with Crippen molar-refractivity contribution in [3.8, 4) is 0 Å². The van der Waals surface area contributed by atoms with Gasteiger partial charge in [0, 0.05) is 43.1 Å². The molecule has 2 unspecified atom stereocenters. The molecule has 178 valence electrons. The van der Waals surface area contributed by atoms with Crippen LogP contribution in [0.5, 0.6) is 0 Å². The summed E-state index contributed by atoms with van der Waals surface area (Å²) >= 11 is 18.3. The number of carbonyl (C=O) groups is 1. The molecule has 6 nitrogen and oxygen atoms in total. The highest BCUT2D eigenvalue weighted by atomic mass is 35.5. The second kappa shape index (κ2) is 12.6. The smallest absolute Gasteiger partial charge is 0.305 e. The predicted octanol–water partition coefficient (Wildman–Crippen LogP) is 5.35. The highest BCUT2D eigenvalue weighted by molar-refractivity contribution is 6.42. The molecule has 2 atom stereocenters. The van der Waals surface area contributed by atoms with Gasteiger partial charge in [-0.05, 0) is 36.2 Å². The Balaban J connectivity index is 1.62. The molecule has 3 rings (SSSR count). The molecule has 0 aromatic heterocycles. The van der Waals surface area contributed by atoms with E-state index >= 15 is 0 Å². The molecule has 1 N–H and O–H groups in total. The van der Waals surface area contributed by atoms with Gasteiger partial charge in [-0.2, -0.15) is 0 Å². The Labute approximate surface area is 209 Å². The highest BCUT2D eigenvalue weighted by Crippen LogP contribution is 2.26. The number of carbonyl (C=O) groups excluding carboxylic acids is 1. The van der Waals surface area contributed by atoms with Gasteiger partial charge >= 0.3 is 5.97 Å². The highest BCUT2D eigenvalue weighted by Gasteiger charge is 2.26. The summed E-state index contributed by atoms with van der Waals surface area (Å²) in [5, 5.41) is 16.3. The number of ether oxygens (including phenoxy) is 1. The SMILES string of the molecule is CCCC(=O)OCC(O)CN(Cc1cccc(Cl)c1)CC1CC(c2ccc(Cl)c(Cl)c2)=NO1. The largest absolute Gasteiger partial charge is 0.463 e. The van der Waals surface area contributed by atoms with E-state index in [-0.39, 0.29) is 18.7 Å². The van der Waals surface area contributed by atoms with E-state index in [1.54, 1.807) is 12.1 Å². The Morgan fingerprint density at radius 3 is 2.79 bits per heavy atom. The van der Waals surface area contributed by atoms with Gasteiger partial charge in [0.2, 0.25) is 0 Å². The van der Waals surface area contributed by atoms with Crippen LogP contribution < -0.4 is 0 Å².